The van der Waals surface area contributed by atoms with Crippen LogP contribution in [0.15, 0.2) is 60.7 Å². The summed E-state index contributed by atoms with van der Waals surface area (Å²) in [4.78, 5) is 12.2. The monoisotopic (exact) mass is 374 g/mol. The zero-order valence-electron chi connectivity index (χ0n) is 15.3. The maximum absolute atomic E-state index is 12.2. The van der Waals surface area contributed by atoms with E-state index in [1.165, 1.54) is 9.87 Å². The number of aryl methyl sites for hydroxylation is 1. The van der Waals surface area contributed by atoms with Crippen LogP contribution >= 0.6 is 0 Å². The first-order chi connectivity index (χ1) is 12.4. The molecule has 2 aromatic carbocycles. The van der Waals surface area contributed by atoms with Gasteiger partial charge in [0, 0.05) is 12.6 Å². The zero-order valence-corrected chi connectivity index (χ0v) is 16.1. The van der Waals surface area contributed by atoms with Gasteiger partial charge in [-0.1, -0.05) is 60.7 Å². The van der Waals surface area contributed by atoms with Gasteiger partial charge in [0.05, 0.1) is 12.8 Å². The van der Waals surface area contributed by atoms with Gasteiger partial charge in [-0.3, -0.25) is 4.79 Å². The standard InChI is InChI=1S/C20H26N2O3S/c1-17(19-13-7-4-8-14-19)22(26(2,24)25)16-20(23)21-15-9-12-18-10-5-3-6-11-18/h3-8,10-11,13-14,17H,9,12,15-16H2,1-2H3,(H,21,23). The molecule has 0 spiro atoms. The van der Waals surface area contributed by atoms with Gasteiger partial charge in [-0.2, -0.15) is 4.31 Å². The average molecular weight is 375 g/mol. The number of hydrogen-bond acceptors (Lipinski definition) is 3. The summed E-state index contributed by atoms with van der Waals surface area (Å²) < 4.78 is 25.5. The van der Waals surface area contributed by atoms with E-state index in [0.717, 1.165) is 24.7 Å². The van der Waals surface area contributed by atoms with Gasteiger partial charge in [-0.15, -0.1) is 0 Å². The molecule has 6 heteroatoms. The molecule has 140 valence electrons. The summed E-state index contributed by atoms with van der Waals surface area (Å²) in [5.41, 5.74) is 2.08. The number of carbonyl (C=O) groups is 1. The van der Waals surface area contributed by atoms with Crippen LogP contribution in [0.2, 0.25) is 0 Å². The van der Waals surface area contributed by atoms with Crippen molar-refractivity contribution in [2.24, 2.45) is 0 Å². The minimum Gasteiger partial charge on any atom is -0.355 e. The number of sulfonamides is 1. The van der Waals surface area contributed by atoms with Crippen molar-refractivity contribution in [1.29, 1.82) is 0 Å². The molecule has 0 aromatic heterocycles. The fraction of sp³-hybridized carbons (Fsp3) is 0.350. The quantitative estimate of drug-likeness (QED) is 0.687. The second kappa shape index (κ2) is 9.50. The summed E-state index contributed by atoms with van der Waals surface area (Å²) in [5, 5.41) is 2.82. The molecule has 0 aliphatic heterocycles. The van der Waals surface area contributed by atoms with Crippen LogP contribution in [-0.2, 0) is 21.2 Å². The largest absolute Gasteiger partial charge is 0.355 e. The van der Waals surface area contributed by atoms with Gasteiger partial charge < -0.3 is 5.32 Å². The molecule has 2 rings (SSSR count). The molecule has 2 aromatic rings. The zero-order chi connectivity index (χ0) is 19.0. The van der Waals surface area contributed by atoms with Crippen LogP contribution in [0, 0.1) is 0 Å². The number of benzene rings is 2. The van der Waals surface area contributed by atoms with Gasteiger partial charge in [0.15, 0.2) is 0 Å². The molecule has 5 nitrogen and oxygen atoms in total. The van der Waals surface area contributed by atoms with E-state index >= 15 is 0 Å². The maximum atomic E-state index is 12.2. The number of nitrogens with zero attached hydrogens (tertiary/aromatic N) is 1. The molecule has 0 aliphatic carbocycles. The normalized spacial score (nSPS) is 12.7. The van der Waals surface area contributed by atoms with Crippen molar-refractivity contribution >= 4 is 15.9 Å². The highest BCUT2D eigenvalue weighted by Crippen LogP contribution is 2.22. The minimum atomic E-state index is -3.51. The van der Waals surface area contributed by atoms with E-state index in [4.69, 9.17) is 0 Å². The summed E-state index contributed by atoms with van der Waals surface area (Å²) in [6.45, 7) is 2.13. The first kappa shape index (κ1) is 20.1. The lowest BCUT2D eigenvalue weighted by atomic mass is 10.1. The van der Waals surface area contributed by atoms with Gasteiger partial charge >= 0.3 is 0 Å². The number of hydrogen-bond donors (Lipinski definition) is 1. The molecule has 0 heterocycles. The second-order valence-electron chi connectivity index (χ2n) is 6.33. The Balaban J connectivity index is 1.88. The van der Waals surface area contributed by atoms with Crippen LogP contribution in [0.5, 0.6) is 0 Å². The van der Waals surface area contributed by atoms with E-state index < -0.39 is 16.1 Å². The van der Waals surface area contributed by atoms with Crippen LogP contribution in [0.25, 0.3) is 0 Å². The van der Waals surface area contributed by atoms with Crippen molar-refractivity contribution in [2.75, 3.05) is 19.3 Å². The van der Waals surface area contributed by atoms with Crippen LogP contribution < -0.4 is 5.32 Å². The van der Waals surface area contributed by atoms with E-state index in [1.54, 1.807) is 6.92 Å². The van der Waals surface area contributed by atoms with E-state index in [0.29, 0.717) is 6.54 Å². The number of carbonyl (C=O) groups excluding carboxylic acids is 1. The average Bonchev–Trinajstić information content (AvgIpc) is 2.63. The lowest BCUT2D eigenvalue weighted by Crippen LogP contribution is -2.41. The van der Waals surface area contributed by atoms with E-state index in [9.17, 15) is 13.2 Å². The van der Waals surface area contributed by atoms with Gasteiger partial charge in [0.1, 0.15) is 0 Å². The van der Waals surface area contributed by atoms with Crippen molar-refractivity contribution in [2.45, 2.75) is 25.8 Å². The Kier molecular flexibility index (Phi) is 7.36. The molecular weight excluding hydrogens is 348 g/mol. The Morgan fingerprint density at radius 3 is 2.19 bits per heavy atom. The smallest absolute Gasteiger partial charge is 0.235 e. The first-order valence-electron chi connectivity index (χ1n) is 8.70. The van der Waals surface area contributed by atoms with Gasteiger partial charge in [-0.25, -0.2) is 8.42 Å². The molecule has 1 unspecified atom stereocenters. The fourth-order valence-corrected chi connectivity index (χ4v) is 3.85. The number of rotatable bonds is 9. The molecule has 1 atom stereocenters. The van der Waals surface area contributed by atoms with Crippen molar-refractivity contribution in [3.63, 3.8) is 0 Å². The Bertz CT molecular complexity index is 792. The molecule has 1 amide bonds. The van der Waals surface area contributed by atoms with Gasteiger partial charge in [0.2, 0.25) is 15.9 Å². The molecule has 0 saturated heterocycles. The molecule has 1 N–H and O–H groups in total. The molecule has 0 saturated carbocycles. The van der Waals surface area contributed by atoms with Gasteiger partial charge in [0.25, 0.3) is 0 Å². The maximum Gasteiger partial charge on any atom is 0.235 e. The summed E-state index contributed by atoms with van der Waals surface area (Å²) in [6, 6.07) is 19.0. The summed E-state index contributed by atoms with van der Waals surface area (Å²) in [6.07, 6.45) is 2.81. The van der Waals surface area contributed by atoms with Crippen LogP contribution in [0.1, 0.15) is 30.5 Å². The third kappa shape index (κ3) is 6.28. The predicted molar refractivity (Wildman–Crippen MR) is 104 cm³/mol. The first-order valence-corrected chi connectivity index (χ1v) is 10.5. The van der Waals surface area contributed by atoms with Crippen LogP contribution in [0.4, 0.5) is 0 Å². The molecule has 0 radical (unpaired) electrons. The SMILES string of the molecule is CC(c1ccccc1)N(CC(=O)NCCCc1ccccc1)S(C)(=O)=O. The second-order valence-corrected chi connectivity index (χ2v) is 8.27. The molecule has 0 aliphatic rings. The fourth-order valence-electron chi connectivity index (χ4n) is 2.80. The highest BCUT2D eigenvalue weighted by molar-refractivity contribution is 7.88. The summed E-state index contributed by atoms with van der Waals surface area (Å²) in [5.74, 6) is -0.286. The Labute approximate surface area is 156 Å². The number of amides is 1. The predicted octanol–water partition coefficient (Wildman–Crippen LogP) is 2.76. The van der Waals surface area contributed by atoms with Crippen molar-refractivity contribution < 1.29 is 13.2 Å². The third-order valence-corrected chi connectivity index (χ3v) is 5.54. The Morgan fingerprint density at radius 1 is 1.04 bits per heavy atom. The van der Waals surface area contributed by atoms with Gasteiger partial charge in [-0.05, 0) is 30.9 Å². The highest BCUT2D eigenvalue weighted by atomic mass is 32.2. The molecule has 0 fully saturated rings. The van der Waals surface area contributed by atoms with Crippen molar-refractivity contribution in [3.05, 3.63) is 71.8 Å². The lowest BCUT2D eigenvalue weighted by Gasteiger charge is -2.26. The van der Waals surface area contributed by atoms with E-state index in [2.05, 4.69) is 17.4 Å². The van der Waals surface area contributed by atoms with Crippen molar-refractivity contribution in [1.82, 2.24) is 9.62 Å². The molecular formula is C20H26N2O3S. The van der Waals surface area contributed by atoms with Crippen molar-refractivity contribution in [3.8, 4) is 0 Å². The van der Waals surface area contributed by atoms with E-state index in [-0.39, 0.29) is 12.5 Å². The topological polar surface area (TPSA) is 66.5 Å². The molecule has 0 bridgehead atoms. The number of nitrogens with one attached hydrogen (secondary N) is 1. The lowest BCUT2D eigenvalue weighted by molar-refractivity contribution is -0.121. The Morgan fingerprint density at radius 2 is 1.62 bits per heavy atom. The summed E-state index contributed by atoms with van der Waals surface area (Å²) >= 11 is 0. The van der Waals surface area contributed by atoms with Crippen LogP contribution in [0.3, 0.4) is 0 Å². The minimum absolute atomic E-state index is 0.180. The Hall–Kier alpha value is -2.18. The van der Waals surface area contributed by atoms with E-state index in [1.807, 2.05) is 48.5 Å². The highest BCUT2D eigenvalue weighted by Gasteiger charge is 2.26. The third-order valence-electron chi connectivity index (χ3n) is 4.25. The molecule has 26 heavy (non-hydrogen) atoms. The van der Waals surface area contributed by atoms with Crippen LogP contribution in [-0.4, -0.2) is 38.0 Å². The summed E-state index contributed by atoms with van der Waals surface area (Å²) in [7, 11) is -3.51.